The molecule has 1 amide bonds. The Labute approximate surface area is 153 Å². The van der Waals surface area contributed by atoms with Crippen molar-refractivity contribution in [1.29, 1.82) is 0 Å². The topological polar surface area (TPSA) is 66.5 Å². The Morgan fingerprint density at radius 3 is 2.12 bits per heavy atom. The van der Waals surface area contributed by atoms with Gasteiger partial charge in [0.15, 0.2) is 0 Å². The van der Waals surface area contributed by atoms with Crippen molar-refractivity contribution < 1.29 is 22.0 Å². The second-order valence-electron chi connectivity index (χ2n) is 7.05. The summed E-state index contributed by atoms with van der Waals surface area (Å²) < 4.78 is 48.0. The van der Waals surface area contributed by atoms with Crippen molar-refractivity contribution >= 4 is 15.7 Å². The second kappa shape index (κ2) is 8.43. The minimum Gasteiger partial charge on any atom is -0.350 e. The van der Waals surface area contributed by atoms with Crippen LogP contribution >= 0.6 is 0 Å². The molecule has 0 aliphatic heterocycles. The van der Waals surface area contributed by atoms with E-state index in [0.717, 1.165) is 37.8 Å². The summed E-state index contributed by atoms with van der Waals surface area (Å²) in [5.41, 5.74) is 0.159. The van der Waals surface area contributed by atoms with Crippen LogP contribution in [0, 0.1) is 0 Å². The number of benzene rings is 1. The summed E-state index contributed by atoms with van der Waals surface area (Å²) in [4.78, 5) is 14.1. The number of hydrogen-bond acceptors (Lipinski definition) is 4. The van der Waals surface area contributed by atoms with Gasteiger partial charge in [-0.15, -0.1) is 0 Å². The van der Waals surface area contributed by atoms with E-state index < -0.39 is 20.5 Å². The summed E-state index contributed by atoms with van der Waals surface area (Å²) in [5, 5.41) is 2.92. The summed E-state index contributed by atoms with van der Waals surface area (Å²) in [5.74, 6) is -3.81. The van der Waals surface area contributed by atoms with Crippen molar-refractivity contribution in [3.63, 3.8) is 0 Å². The maximum absolute atomic E-state index is 12.6. The fourth-order valence-corrected chi connectivity index (χ4v) is 4.14. The number of likely N-dealkylation sites (N-methyl/N-ethyl adjacent to an activating group) is 1. The summed E-state index contributed by atoms with van der Waals surface area (Å²) in [6.45, 7) is 0.496. The quantitative estimate of drug-likeness (QED) is 0.761. The lowest BCUT2D eigenvalue weighted by Crippen LogP contribution is -2.52. The molecule has 1 aliphatic carbocycles. The number of amides is 1. The molecular formula is C18H26F2N2O3S. The minimum absolute atomic E-state index is 0.0921. The van der Waals surface area contributed by atoms with Crippen molar-refractivity contribution in [2.45, 2.75) is 54.7 Å². The van der Waals surface area contributed by atoms with Crippen LogP contribution < -0.4 is 5.32 Å². The normalized spacial score (nSPS) is 17.9. The van der Waals surface area contributed by atoms with Crippen molar-refractivity contribution in [3.8, 4) is 0 Å². The molecule has 0 radical (unpaired) electrons. The van der Waals surface area contributed by atoms with Gasteiger partial charge >= 0.3 is 5.76 Å². The van der Waals surface area contributed by atoms with E-state index in [1.807, 2.05) is 14.1 Å². The maximum atomic E-state index is 12.6. The van der Waals surface area contributed by atoms with E-state index in [-0.39, 0.29) is 17.0 Å². The number of rotatable bonds is 6. The third-order valence-corrected chi connectivity index (χ3v) is 6.64. The van der Waals surface area contributed by atoms with Crippen molar-refractivity contribution in [3.05, 3.63) is 29.8 Å². The van der Waals surface area contributed by atoms with Gasteiger partial charge in [-0.2, -0.15) is 8.78 Å². The Morgan fingerprint density at radius 1 is 1.12 bits per heavy atom. The van der Waals surface area contributed by atoms with Crippen LogP contribution in [0.4, 0.5) is 8.78 Å². The van der Waals surface area contributed by atoms with Gasteiger partial charge in [0.2, 0.25) is 9.84 Å². The molecule has 26 heavy (non-hydrogen) atoms. The van der Waals surface area contributed by atoms with E-state index in [0.29, 0.717) is 6.54 Å². The molecule has 2 rings (SSSR count). The van der Waals surface area contributed by atoms with Crippen LogP contribution in [0.1, 0.15) is 48.9 Å². The second-order valence-corrected chi connectivity index (χ2v) is 8.96. The van der Waals surface area contributed by atoms with Gasteiger partial charge < -0.3 is 10.2 Å². The number of carbonyl (C=O) groups is 1. The first kappa shape index (κ1) is 20.8. The molecule has 0 saturated heterocycles. The summed E-state index contributed by atoms with van der Waals surface area (Å²) >= 11 is 0. The van der Waals surface area contributed by atoms with Crippen LogP contribution in [0.2, 0.25) is 0 Å². The molecule has 0 atom stereocenters. The number of sulfone groups is 1. The minimum atomic E-state index is -4.65. The van der Waals surface area contributed by atoms with Crippen LogP contribution in [0.3, 0.4) is 0 Å². The molecule has 1 saturated carbocycles. The number of carbonyl (C=O) groups excluding carboxylic acids is 1. The highest BCUT2D eigenvalue weighted by molar-refractivity contribution is 7.91. The summed E-state index contributed by atoms with van der Waals surface area (Å²) in [6.07, 6.45) is 6.65. The first-order valence-corrected chi connectivity index (χ1v) is 10.3. The van der Waals surface area contributed by atoms with Gasteiger partial charge in [-0.1, -0.05) is 25.7 Å². The first-order valence-electron chi connectivity index (χ1n) is 8.77. The largest absolute Gasteiger partial charge is 0.350 e. The zero-order valence-electron chi connectivity index (χ0n) is 15.2. The molecule has 1 N–H and O–H groups in total. The molecule has 0 aromatic heterocycles. The fraction of sp³-hybridized carbons (Fsp3) is 0.611. The van der Waals surface area contributed by atoms with E-state index in [2.05, 4.69) is 10.2 Å². The Kier molecular flexibility index (Phi) is 6.74. The lowest BCUT2D eigenvalue weighted by atomic mass is 9.88. The average Bonchev–Trinajstić information content (AvgIpc) is 2.86. The smallest absolute Gasteiger partial charge is 0.341 e. The number of halogens is 2. The SMILES string of the molecule is CN(C)C1(CNC(=O)c2ccc(S(=O)(=O)C(F)F)cc2)CCCCCC1. The zero-order valence-corrected chi connectivity index (χ0v) is 16.0. The molecule has 0 spiro atoms. The zero-order chi connectivity index (χ0) is 19.4. The van der Waals surface area contributed by atoms with Crippen molar-refractivity contribution in [2.75, 3.05) is 20.6 Å². The van der Waals surface area contributed by atoms with Gasteiger partial charge in [0.25, 0.3) is 5.91 Å². The first-order chi connectivity index (χ1) is 12.2. The molecule has 0 unspecified atom stereocenters. The standard InChI is InChI=1S/C18H26F2N2O3S/c1-22(2)18(11-5-3-4-6-12-18)13-21-16(23)14-7-9-15(10-8-14)26(24,25)17(19)20/h7-10,17H,3-6,11-13H2,1-2H3,(H,21,23). The molecule has 146 valence electrons. The summed E-state index contributed by atoms with van der Waals surface area (Å²) in [6, 6.07) is 4.62. The molecule has 8 heteroatoms. The molecule has 0 bridgehead atoms. The van der Waals surface area contributed by atoms with E-state index in [9.17, 15) is 22.0 Å². The van der Waals surface area contributed by atoms with Crippen LogP contribution in [-0.2, 0) is 9.84 Å². The van der Waals surface area contributed by atoms with Gasteiger partial charge in [0.05, 0.1) is 4.90 Å². The predicted octanol–water partition coefficient (Wildman–Crippen LogP) is 3.07. The van der Waals surface area contributed by atoms with Crippen molar-refractivity contribution in [1.82, 2.24) is 10.2 Å². The fourth-order valence-electron chi connectivity index (χ4n) is 3.41. The van der Waals surface area contributed by atoms with Gasteiger partial charge in [0, 0.05) is 17.6 Å². The molecule has 0 heterocycles. The van der Waals surface area contributed by atoms with E-state index in [1.54, 1.807) is 0 Å². The third-order valence-electron chi connectivity index (χ3n) is 5.24. The van der Waals surface area contributed by atoms with Crippen LogP contribution in [-0.4, -0.2) is 51.2 Å². The van der Waals surface area contributed by atoms with Gasteiger partial charge in [-0.05, 0) is 51.2 Å². The predicted molar refractivity (Wildman–Crippen MR) is 96.1 cm³/mol. The number of nitrogens with zero attached hydrogens (tertiary/aromatic N) is 1. The van der Waals surface area contributed by atoms with E-state index in [4.69, 9.17) is 0 Å². The van der Waals surface area contributed by atoms with E-state index >= 15 is 0 Å². The van der Waals surface area contributed by atoms with E-state index in [1.165, 1.54) is 25.0 Å². The molecule has 1 fully saturated rings. The van der Waals surface area contributed by atoms with Crippen molar-refractivity contribution in [2.24, 2.45) is 0 Å². The lowest BCUT2D eigenvalue weighted by Gasteiger charge is -2.39. The molecule has 1 aromatic carbocycles. The van der Waals surface area contributed by atoms with Gasteiger partial charge in [-0.25, -0.2) is 8.42 Å². The highest BCUT2D eigenvalue weighted by Gasteiger charge is 2.33. The number of alkyl halides is 2. The highest BCUT2D eigenvalue weighted by Crippen LogP contribution is 2.30. The lowest BCUT2D eigenvalue weighted by molar-refractivity contribution is 0.0869. The van der Waals surface area contributed by atoms with Gasteiger partial charge in [0.1, 0.15) is 0 Å². The molecule has 5 nitrogen and oxygen atoms in total. The molecule has 1 aliphatic rings. The molecular weight excluding hydrogens is 362 g/mol. The van der Waals surface area contributed by atoms with Crippen LogP contribution in [0.5, 0.6) is 0 Å². The summed E-state index contributed by atoms with van der Waals surface area (Å²) in [7, 11) is -0.615. The monoisotopic (exact) mass is 388 g/mol. The maximum Gasteiger partial charge on any atom is 0.341 e. The molecule has 1 aromatic rings. The Hall–Kier alpha value is -1.54. The number of nitrogens with one attached hydrogen (secondary N) is 1. The van der Waals surface area contributed by atoms with Gasteiger partial charge in [-0.3, -0.25) is 4.79 Å². The highest BCUT2D eigenvalue weighted by atomic mass is 32.2. The Bertz CT molecular complexity index is 710. The van der Waals surface area contributed by atoms with Crippen LogP contribution in [0.15, 0.2) is 29.2 Å². The number of hydrogen-bond donors (Lipinski definition) is 1. The average molecular weight is 388 g/mol. The third kappa shape index (κ3) is 4.59. The Balaban J connectivity index is 2.07. The van der Waals surface area contributed by atoms with Crippen LogP contribution in [0.25, 0.3) is 0 Å². The Morgan fingerprint density at radius 2 is 1.65 bits per heavy atom.